The molecule has 2 fully saturated rings. The Hall–Kier alpha value is -2.94. The van der Waals surface area contributed by atoms with Crippen LogP contribution in [0, 0.1) is 11.3 Å². The lowest BCUT2D eigenvalue weighted by atomic mass is 10.1. The fourth-order valence-electron chi connectivity index (χ4n) is 3.95. The maximum atomic E-state index is 13.1. The summed E-state index contributed by atoms with van der Waals surface area (Å²) in [5.41, 5.74) is 3.15. The number of carbonyl (C=O) groups is 1. The summed E-state index contributed by atoms with van der Waals surface area (Å²) in [6.45, 7) is 4.62. The van der Waals surface area contributed by atoms with Gasteiger partial charge in [0.25, 0.3) is 5.91 Å². The van der Waals surface area contributed by atoms with E-state index in [1.54, 1.807) is 24.3 Å². The maximum absolute atomic E-state index is 13.1. The first-order valence-corrected chi connectivity index (χ1v) is 9.62. The highest BCUT2D eigenvalue weighted by Crippen LogP contribution is 2.44. The zero-order valence-corrected chi connectivity index (χ0v) is 15.4. The van der Waals surface area contributed by atoms with Crippen LogP contribution in [0.5, 0.6) is 0 Å². The Kier molecular flexibility index (Phi) is 3.64. The highest BCUT2D eigenvalue weighted by Gasteiger charge is 2.39. The molecule has 1 aromatic heterocycles. The van der Waals surface area contributed by atoms with E-state index in [4.69, 9.17) is 15.2 Å². The Morgan fingerprint density at radius 3 is 2.74 bits per heavy atom. The van der Waals surface area contributed by atoms with Gasteiger partial charge < -0.3 is 9.80 Å². The van der Waals surface area contributed by atoms with Crippen LogP contribution < -0.4 is 4.90 Å². The van der Waals surface area contributed by atoms with E-state index < -0.39 is 0 Å². The van der Waals surface area contributed by atoms with Crippen LogP contribution in [-0.2, 0) is 6.54 Å². The summed E-state index contributed by atoms with van der Waals surface area (Å²) in [6.07, 6.45) is 3.52. The first-order valence-electron chi connectivity index (χ1n) is 9.62. The number of rotatable bonds is 3. The largest absolute Gasteiger partial charge is 0.356 e. The van der Waals surface area contributed by atoms with Gasteiger partial charge in [-0.15, -0.1) is 0 Å². The van der Waals surface area contributed by atoms with Crippen molar-refractivity contribution in [1.29, 1.82) is 5.26 Å². The Labute approximate surface area is 158 Å². The second-order valence-electron chi connectivity index (χ2n) is 7.68. The van der Waals surface area contributed by atoms with Gasteiger partial charge in [-0.25, -0.2) is 9.97 Å². The van der Waals surface area contributed by atoms with E-state index in [2.05, 4.69) is 17.9 Å². The number of fused-ring (bicyclic) bond motifs is 1. The topological polar surface area (TPSA) is 73.1 Å². The lowest BCUT2D eigenvalue weighted by molar-refractivity contribution is 0.0704. The third-order valence-electron chi connectivity index (χ3n) is 5.82. The molecule has 2 aromatic rings. The number of carbonyl (C=O) groups excluding carboxylic acids is 1. The van der Waals surface area contributed by atoms with Crippen molar-refractivity contribution < 1.29 is 4.79 Å². The number of hydrogen-bond acceptors (Lipinski definition) is 5. The van der Waals surface area contributed by atoms with Crippen molar-refractivity contribution in [2.45, 2.75) is 44.7 Å². The predicted octanol–water partition coefficient (Wildman–Crippen LogP) is 3.15. The van der Waals surface area contributed by atoms with E-state index in [1.807, 2.05) is 4.90 Å². The molecule has 6 nitrogen and oxygen atoms in total. The van der Waals surface area contributed by atoms with Gasteiger partial charge in [0.05, 0.1) is 29.9 Å². The van der Waals surface area contributed by atoms with Crippen LogP contribution in [0.2, 0.25) is 0 Å². The molecular formula is C21H21N5O. The van der Waals surface area contributed by atoms with Gasteiger partial charge in [0, 0.05) is 30.1 Å². The minimum Gasteiger partial charge on any atom is -0.356 e. The maximum Gasteiger partial charge on any atom is 0.254 e. The number of aromatic nitrogens is 2. The van der Waals surface area contributed by atoms with Gasteiger partial charge in [-0.05, 0) is 44.4 Å². The van der Waals surface area contributed by atoms with Gasteiger partial charge >= 0.3 is 0 Å². The van der Waals surface area contributed by atoms with E-state index in [-0.39, 0.29) is 11.9 Å². The molecular weight excluding hydrogens is 338 g/mol. The molecule has 0 N–H and O–H groups in total. The quantitative estimate of drug-likeness (QED) is 0.842. The molecule has 1 atom stereocenters. The van der Waals surface area contributed by atoms with Crippen molar-refractivity contribution >= 4 is 11.7 Å². The highest BCUT2D eigenvalue weighted by molar-refractivity contribution is 5.95. The molecule has 2 aliphatic heterocycles. The number of benzene rings is 1. The van der Waals surface area contributed by atoms with E-state index in [0.717, 1.165) is 48.8 Å². The molecule has 1 unspecified atom stereocenters. The second-order valence-corrected chi connectivity index (χ2v) is 7.68. The Morgan fingerprint density at radius 2 is 2.07 bits per heavy atom. The molecule has 1 aromatic carbocycles. The normalized spacial score (nSPS) is 20.8. The molecule has 27 heavy (non-hydrogen) atoms. The summed E-state index contributed by atoms with van der Waals surface area (Å²) in [5, 5.41) is 9.12. The van der Waals surface area contributed by atoms with Crippen LogP contribution in [-0.4, -0.2) is 33.9 Å². The van der Waals surface area contributed by atoms with Crippen LogP contribution in [0.1, 0.15) is 71.1 Å². The summed E-state index contributed by atoms with van der Waals surface area (Å²) in [4.78, 5) is 27.1. The molecule has 1 amide bonds. The number of anilines is 1. The third-order valence-corrected chi connectivity index (χ3v) is 5.82. The molecule has 0 spiro atoms. The van der Waals surface area contributed by atoms with Crippen molar-refractivity contribution in [3.63, 3.8) is 0 Å². The number of amides is 1. The zero-order chi connectivity index (χ0) is 18.5. The van der Waals surface area contributed by atoms with Gasteiger partial charge in [0.1, 0.15) is 11.6 Å². The summed E-state index contributed by atoms with van der Waals surface area (Å²) < 4.78 is 0. The van der Waals surface area contributed by atoms with E-state index in [1.165, 1.54) is 6.42 Å². The molecule has 1 saturated heterocycles. The lowest BCUT2D eigenvalue weighted by Gasteiger charge is -2.34. The van der Waals surface area contributed by atoms with Gasteiger partial charge in [-0.1, -0.05) is 6.07 Å². The first kappa shape index (κ1) is 16.2. The van der Waals surface area contributed by atoms with Crippen molar-refractivity contribution in [2.24, 2.45) is 0 Å². The van der Waals surface area contributed by atoms with Crippen LogP contribution in [0.4, 0.5) is 5.82 Å². The van der Waals surface area contributed by atoms with Gasteiger partial charge in [-0.3, -0.25) is 4.79 Å². The van der Waals surface area contributed by atoms with E-state index >= 15 is 0 Å². The molecule has 1 aliphatic carbocycles. The SMILES string of the molecule is CC1c2c(nc(C3CC3)nc2N2CCC2)CN1C(=O)c1cccc(C#N)c1. The summed E-state index contributed by atoms with van der Waals surface area (Å²) in [6, 6.07) is 8.95. The molecule has 1 saturated carbocycles. The first-order chi connectivity index (χ1) is 13.2. The summed E-state index contributed by atoms with van der Waals surface area (Å²) >= 11 is 0. The third kappa shape index (κ3) is 2.66. The van der Waals surface area contributed by atoms with Crippen LogP contribution in [0.3, 0.4) is 0 Å². The predicted molar refractivity (Wildman–Crippen MR) is 100 cm³/mol. The molecule has 5 rings (SSSR count). The highest BCUT2D eigenvalue weighted by atomic mass is 16.2. The number of hydrogen-bond donors (Lipinski definition) is 0. The summed E-state index contributed by atoms with van der Waals surface area (Å²) in [7, 11) is 0. The average molecular weight is 359 g/mol. The van der Waals surface area contributed by atoms with Crippen molar-refractivity contribution in [1.82, 2.24) is 14.9 Å². The minimum absolute atomic E-state index is 0.0554. The smallest absolute Gasteiger partial charge is 0.254 e. The standard InChI is InChI=1S/C21H21N5O/c1-13-18-17(12-26(13)21(27)16-5-2-4-14(10-16)11-22)23-19(15-6-7-15)24-20(18)25-8-3-9-25/h2,4-5,10,13,15H,3,6-9,12H2,1H3. The second kappa shape index (κ2) is 6.05. The number of nitriles is 1. The molecule has 3 aliphatic rings. The molecule has 6 heteroatoms. The molecule has 0 bridgehead atoms. The monoisotopic (exact) mass is 359 g/mol. The van der Waals surface area contributed by atoms with E-state index in [9.17, 15) is 4.79 Å². The fraction of sp³-hybridized carbons (Fsp3) is 0.429. The minimum atomic E-state index is -0.0675. The Balaban J connectivity index is 1.51. The van der Waals surface area contributed by atoms with Gasteiger partial charge in [0.15, 0.2) is 0 Å². The molecule has 136 valence electrons. The fourth-order valence-corrected chi connectivity index (χ4v) is 3.95. The van der Waals surface area contributed by atoms with E-state index in [0.29, 0.717) is 23.6 Å². The average Bonchev–Trinajstić information content (AvgIpc) is 3.44. The number of nitrogens with zero attached hydrogens (tertiary/aromatic N) is 5. The van der Waals surface area contributed by atoms with Crippen LogP contribution in [0.15, 0.2) is 24.3 Å². The summed E-state index contributed by atoms with van der Waals surface area (Å²) in [5.74, 6) is 2.41. The van der Waals surface area contributed by atoms with Crippen molar-refractivity contribution in [3.8, 4) is 6.07 Å². The lowest BCUT2D eigenvalue weighted by Crippen LogP contribution is -2.39. The molecule has 0 radical (unpaired) electrons. The van der Waals surface area contributed by atoms with Crippen molar-refractivity contribution in [2.75, 3.05) is 18.0 Å². The van der Waals surface area contributed by atoms with Crippen LogP contribution in [0.25, 0.3) is 0 Å². The van der Waals surface area contributed by atoms with Crippen LogP contribution >= 0.6 is 0 Å². The van der Waals surface area contributed by atoms with Crippen molar-refractivity contribution in [3.05, 3.63) is 52.5 Å². The molecule has 3 heterocycles. The Morgan fingerprint density at radius 1 is 1.26 bits per heavy atom. The zero-order valence-electron chi connectivity index (χ0n) is 15.4. The van der Waals surface area contributed by atoms with Gasteiger partial charge in [0.2, 0.25) is 0 Å². The van der Waals surface area contributed by atoms with Gasteiger partial charge in [-0.2, -0.15) is 5.26 Å². The Bertz CT molecular complexity index is 971.